The molecule has 0 aliphatic heterocycles. The number of benzene rings is 3. The Balaban J connectivity index is 1.57. The maximum atomic E-state index is 11.2. The molecule has 0 aromatic heterocycles. The first-order chi connectivity index (χ1) is 15.9. The van der Waals surface area contributed by atoms with Gasteiger partial charge < -0.3 is 19.8 Å². The molecule has 0 saturated carbocycles. The second-order valence-corrected chi connectivity index (χ2v) is 7.00. The van der Waals surface area contributed by atoms with Crippen LogP contribution < -0.4 is 9.64 Å². The fraction of sp³-hybridized carbons (Fsp3) is 0.125. The molecule has 166 valence electrons. The number of rotatable bonds is 9. The number of ether oxygens (including phenoxy) is 1. The van der Waals surface area contributed by atoms with E-state index in [4.69, 9.17) is 20.2 Å². The van der Waals surface area contributed by atoms with Crippen molar-refractivity contribution in [3.05, 3.63) is 83.4 Å². The molecule has 0 amide bonds. The van der Waals surface area contributed by atoms with Crippen LogP contribution in [0.3, 0.4) is 0 Å². The van der Waals surface area contributed by atoms with Gasteiger partial charge >= 0.3 is 11.9 Å². The molecule has 0 aliphatic rings. The van der Waals surface area contributed by atoms with Crippen LogP contribution in [0.1, 0.15) is 26.3 Å². The summed E-state index contributed by atoms with van der Waals surface area (Å²) in [6, 6.07) is 19.9. The molecule has 9 heteroatoms. The number of likely N-dealkylation sites (N-methyl/N-ethyl adjacent to an activating group) is 1. The maximum Gasteiger partial charge on any atom is 0.335 e. The molecular weight excluding hydrogens is 424 g/mol. The van der Waals surface area contributed by atoms with Gasteiger partial charge in [-0.2, -0.15) is 15.5 Å². The first kappa shape index (κ1) is 23.0. The Kier molecular flexibility index (Phi) is 7.34. The molecule has 0 aliphatic carbocycles. The van der Waals surface area contributed by atoms with Gasteiger partial charge in [-0.05, 0) is 66.7 Å². The number of carboxylic acids is 2. The van der Waals surface area contributed by atoms with Crippen LogP contribution in [0.4, 0.5) is 17.1 Å². The minimum Gasteiger partial charge on any atom is -0.492 e. The lowest BCUT2D eigenvalue weighted by Gasteiger charge is -2.19. The highest BCUT2D eigenvalue weighted by Crippen LogP contribution is 2.22. The van der Waals surface area contributed by atoms with Gasteiger partial charge in [0.25, 0.3) is 0 Å². The zero-order valence-corrected chi connectivity index (χ0v) is 17.7. The van der Waals surface area contributed by atoms with Crippen molar-refractivity contribution in [3.8, 4) is 11.8 Å². The van der Waals surface area contributed by atoms with Crippen molar-refractivity contribution in [1.29, 1.82) is 5.26 Å². The number of aromatic carboxylic acids is 2. The highest BCUT2D eigenvalue weighted by molar-refractivity contribution is 5.94. The average Bonchev–Trinajstić information content (AvgIpc) is 2.83. The summed E-state index contributed by atoms with van der Waals surface area (Å²) in [5.74, 6) is -2.27. The topological polar surface area (TPSA) is 136 Å². The Morgan fingerprint density at radius 3 is 1.91 bits per heavy atom. The van der Waals surface area contributed by atoms with E-state index in [0.717, 1.165) is 11.8 Å². The van der Waals surface area contributed by atoms with Gasteiger partial charge in [-0.15, -0.1) is 0 Å². The molecule has 0 saturated heterocycles. The van der Waals surface area contributed by atoms with E-state index in [1.54, 1.807) is 24.3 Å². The van der Waals surface area contributed by atoms with E-state index in [9.17, 15) is 9.59 Å². The summed E-state index contributed by atoms with van der Waals surface area (Å²) in [5, 5.41) is 35.4. The van der Waals surface area contributed by atoms with E-state index in [-0.39, 0.29) is 23.5 Å². The number of hydrogen-bond acceptors (Lipinski definition) is 7. The lowest BCUT2D eigenvalue weighted by molar-refractivity contribution is 0.0696. The minimum atomic E-state index is -1.23. The Bertz CT molecular complexity index is 1180. The largest absolute Gasteiger partial charge is 0.492 e. The number of carbonyl (C=O) groups is 2. The van der Waals surface area contributed by atoms with Crippen molar-refractivity contribution < 1.29 is 24.5 Å². The molecular formula is C24H20N4O5. The molecule has 0 atom stereocenters. The number of nitrogens with zero attached hydrogens (tertiary/aromatic N) is 4. The van der Waals surface area contributed by atoms with Gasteiger partial charge in [-0.25, -0.2) is 9.59 Å². The molecule has 9 nitrogen and oxygen atoms in total. The van der Waals surface area contributed by atoms with Crippen LogP contribution in [0.15, 0.2) is 77.0 Å². The van der Waals surface area contributed by atoms with Crippen LogP contribution in [-0.2, 0) is 0 Å². The summed E-state index contributed by atoms with van der Waals surface area (Å²) in [4.78, 5) is 24.3. The van der Waals surface area contributed by atoms with Crippen molar-refractivity contribution in [2.75, 3.05) is 25.1 Å². The van der Waals surface area contributed by atoms with Crippen LogP contribution in [0.5, 0.6) is 5.75 Å². The fourth-order valence-electron chi connectivity index (χ4n) is 2.85. The summed E-state index contributed by atoms with van der Waals surface area (Å²) in [6.45, 7) is 0.699. The van der Waals surface area contributed by atoms with Crippen LogP contribution >= 0.6 is 0 Å². The zero-order chi connectivity index (χ0) is 23.8. The van der Waals surface area contributed by atoms with Gasteiger partial charge in [0.2, 0.25) is 0 Å². The molecule has 0 fully saturated rings. The number of carboxylic acid groups (broad SMARTS) is 2. The Hall–Kier alpha value is -4.71. The third-order valence-electron chi connectivity index (χ3n) is 4.66. The second-order valence-electron chi connectivity index (χ2n) is 7.00. The molecule has 0 unspecified atom stereocenters. The normalized spacial score (nSPS) is 10.5. The van der Waals surface area contributed by atoms with E-state index >= 15 is 0 Å². The third kappa shape index (κ3) is 6.38. The van der Waals surface area contributed by atoms with Crippen molar-refractivity contribution in [2.45, 2.75) is 0 Å². The van der Waals surface area contributed by atoms with Gasteiger partial charge in [-0.3, -0.25) is 0 Å². The Morgan fingerprint density at radius 1 is 0.909 bits per heavy atom. The molecule has 3 aromatic carbocycles. The quantitative estimate of drug-likeness (QED) is 0.449. The molecule has 33 heavy (non-hydrogen) atoms. The summed E-state index contributed by atoms with van der Waals surface area (Å²) < 4.78 is 5.59. The highest BCUT2D eigenvalue weighted by atomic mass is 16.5. The lowest BCUT2D eigenvalue weighted by atomic mass is 10.1. The van der Waals surface area contributed by atoms with E-state index < -0.39 is 11.9 Å². The maximum absolute atomic E-state index is 11.2. The number of hydrogen-bond donors (Lipinski definition) is 2. The summed E-state index contributed by atoms with van der Waals surface area (Å²) >= 11 is 0. The first-order valence-corrected chi connectivity index (χ1v) is 9.83. The molecule has 0 bridgehead atoms. The minimum absolute atomic E-state index is 0.149. The van der Waals surface area contributed by atoms with E-state index in [1.807, 2.05) is 42.3 Å². The van der Waals surface area contributed by atoms with Crippen molar-refractivity contribution in [3.63, 3.8) is 0 Å². The predicted molar refractivity (Wildman–Crippen MR) is 121 cm³/mol. The average molecular weight is 444 g/mol. The molecule has 2 N–H and O–H groups in total. The molecule has 0 radical (unpaired) electrons. The number of anilines is 1. The van der Waals surface area contributed by atoms with E-state index in [2.05, 4.69) is 10.2 Å². The first-order valence-electron chi connectivity index (χ1n) is 9.83. The highest BCUT2D eigenvalue weighted by Gasteiger charge is 2.12. The molecule has 3 rings (SSSR count). The van der Waals surface area contributed by atoms with Crippen LogP contribution in [-0.4, -0.2) is 42.4 Å². The van der Waals surface area contributed by atoms with Gasteiger partial charge in [0.1, 0.15) is 12.4 Å². The Labute approximate surface area is 189 Å². The third-order valence-corrected chi connectivity index (χ3v) is 4.66. The van der Waals surface area contributed by atoms with Crippen molar-refractivity contribution in [1.82, 2.24) is 0 Å². The smallest absolute Gasteiger partial charge is 0.335 e. The summed E-state index contributed by atoms with van der Waals surface area (Å²) in [5.41, 5.74) is 2.47. The molecule has 0 spiro atoms. The SMILES string of the molecule is CN(CCOc1cc(C(=O)O)cc(C(=O)O)c1)c1ccc(/N=N/c2ccc(C#N)cc2)cc1. The van der Waals surface area contributed by atoms with E-state index in [1.165, 1.54) is 12.1 Å². The fourth-order valence-corrected chi connectivity index (χ4v) is 2.85. The molecule has 3 aromatic rings. The van der Waals surface area contributed by atoms with Crippen LogP contribution in [0, 0.1) is 11.3 Å². The van der Waals surface area contributed by atoms with Crippen LogP contribution in [0.25, 0.3) is 0 Å². The predicted octanol–water partition coefficient (Wildman–Crippen LogP) is 4.89. The monoisotopic (exact) mass is 444 g/mol. The number of azo groups is 1. The summed E-state index contributed by atoms with van der Waals surface area (Å²) in [6.07, 6.45) is 0. The standard InChI is InChI=1S/C24H20N4O5/c1-28(10-11-33-22-13-17(23(29)30)12-18(14-22)24(31)32)21-8-6-20(7-9-21)27-26-19-4-2-16(15-25)3-5-19/h2-9,12-14H,10-11H2,1H3,(H,29,30)(H,31,32)/b27-26+. The lowest BCUT2D eigenvalue weighted by Crippen LogP contribution is -2.23. The van der Waals surface area contributed by atoms with Gasteiger partial charge in [0.15, 0.2) is 0 Å². The van der Waals surface area contributed by atoms with Crippen LogP contribution in [0.2, 0.25) is 0 Å². The van der Waals surface area contributed by atoms with Gasteiger partial charge in [-0.1, -0.05) is 0 Å². The molecule has 0 heterocycles. The Morgan fingerprint density at radius 2 is 1.42 bits per heavy atom. The van der Waals surface area contributed by atoms with E-state index in [0.29, 0.717) is 23.5 Å². The van der Waals surface area contributed by atoms with Gasteiger partial charge in [0, 0.05) is 12.7 Å². The zero-order valence-electron chi connectivity index (χ0n) is 17.7. The summed E-state index contributed by atoms with van der Waals surface area (Å²) in [7, 11) is 1.87. The number of nitriles is 1. The second kappa shape index (κ2) is 10.5. The van der Waals surface area contributed by atoms with Crippen molar-refractivity contribution >= 4 is 29.0 Å². The van der Waals surface area contributed by atoms with Crippen molar-refractivity contribution in [2.24, 2.45) is 10.2 Å². The van der Waals surface area contributed by atoms with Gasteiger partial charge in [0.05, 0.1) is 40.7 Å².